The van der Waals surface area contributed by atoms with Gasteiger partial charge in [0, 0.05) is 0 Å². The first-order valence-corrected chi connectivity index (χ1v) is 8.44. The van der Waals surface area contributed by atoms with E-state index in [1.807, 2.05) is 25.1 Å². The van der Waals surface area contributed by atoms with Gasteiger partial charge in [-0.05, 0) is 35.4 Å². The summed E-state index contributed by atoms with van der Waals surface area (Å²) in [5.41, 5.74) is 2.65. The Morgan fingerprint density at radius 3 is 2.47 bits per heavy atom. The van der Waals surface area contributed by atoms with Gasteiger partial charge in [0.1, 0.15) is 4.21 Å². The molecule has 0 spiro atoms. The van der Waals surface area contributed by atoms with E-state index in [0.29, 0.717) is 9.90 Å². The van der Waals surface area contributed by atoms with Gasteiger partial charge in [-0.25, -0.2) is 8.42 Å². The van der Waals surface area contributed by atoms with Crippen molar-refractivity contribution in [3.63, 3.8) is 0 Å². The fourth-order valence-corrected chi connectivity index (χ4v) is 4.06. The fourth-order valence-electron chi connectivity index (χ4n) is 1.91. The maximum absolute atomic E-state index is 12.3. The Kier molecular flexibility index (Phi) is 3.96. The van der Waals surface area contributed by atoms with Crippen molar-refractivity contribution in [2.45, 2.75) is 30.9 Å². The second-order valence-electron chi connectivity index (χ2n) is 4.73. The largest absolute Gasteiger partial charge is 0.278 e. The highest BCUT2D eigenvalue weighted by atomic mass is 32.2. The Balaban J connectivity index is 2.45. The van der Waals surface area contributed by atoms with Gasteiger partial charge < -0.3 is 0 Å². The minimum atomic E-state index is -3.48. The third-order valence-corrected chi connectivity index (χ3v) is 5.67. The standard InChI is InChI=1S/C14H17NO2S2/c1-10(2)12-7-4-6-11(3)14(12)15-19(16,17)13-8-5-9-18-13/h4-10,15H,1-3H3. The lowest BCUT2D eigenvalue weighted by Gasteiger charge is -2.16. The van der Waals surface area contributed by atoms with Crippen molar-refractivity contribution < 1.29 is 8.42 Å². The van der Waals surface area contributed by atoms with E-state index in [-0.39, 0.29) is 5.92 Å². The molecular weight excluding hydrogens is 278 g/mol. The van der Waals surface area contributed by atoms with Gasteiger partial charge in [-0.1, -0.05) is 38.1 Å². The van der Waals surface area contributed by atoms with Gasteiger partial charge in [-0.3, -0.25) is 4.72 Å². The summed E-state index contributed by atoms with van der Waals surface area (Å²) in [6.45, 7) is 6.02. The quantitative estimate of drug-likeness (QED) is 0.927. The molecule has 102 valence electrons. The lowest BCUT2D eigenvalue weighted by Crippen LogP contribution is -2.14. The molecule has 1 heterocycles. The third-order valence-electron chi connectivity index (χ3n) is 2.92. The zero-order valence-corrected chi connectivity index (χ0v) is 12.8. The van der Waals surface area contributed by atoms with Gasteiger partial charge in [-0.2, -0.15) is 0 Å². The zero-order chi connectivity index (χ0) is 14.0. The van der Waals surface area contributed by atoms with Crippen LogP contribution in [0.25, 0.3) is 0 Å². The Labute approximate surface area is 118 Å². The van der Waals surface area contributed by atoms with Crippen LogP contribution in [0.4, 0.5) is 5.69 Å². The van der Waals surface area contributed by atoms with Crippen LogP contribution in [0.1, 0.15) is 30.9 Å². The number of aryl methyl sites for hydroxylation is 1. The number of anilines is 1. The Bertz CT molecular complexity index is 659. The van der Waals surface area contributed by atoms with E-state index < -0.39 is 10.0 Å². The summed E-state index contributed by atoms with van der Waals surface area (Å²) in [6, 6.07) is 9.18. The molecule has 1 aromatic heterocycles. The number of benzene rings is 1. The summed E-state index contributed by atoms with van der Waals surface area (Å²) in [5.74, 6) is 0.265. The van der Waals surface area contributed by atoms with Crippen molar-refractivity contribution in [3.8, 4) is 0 Å². The smallest absolute Gasteiger partial charge is 0.271 e. The van der Waals surface area contributed by atoms with Crippen molar-refractivity contribution in [2.75, 3.05) is 4.72 Å². The van der Waals surface area contributed by atoms with E-state index in [0.717, 1.165) is 11.1 Å². The van der Waals surface area contributed by atoms with Crippen molar-refractivity contribution in [1.29, 1.82) is 0 Å². The fraction of sp³-hybridized carbons (Fsp3) is 0.286. The van der Waals surface area contributed by atoms with E-state index in [4.69, 9.17) is 0 Å². The van der Waals surface area contributed by atoms with Crippen LogP contribution in [-0.2, 0) is 10.0 Å². The molecule has 5 heteroatoms. The highest BCUT2D eigenvalue weighted by Crippen LogP contribution is 2.30. The predicted octanol–water partition coefficient (Wildman–Crippen LogP) is 3.98. The summed E-state index contributed by atoms with van der Waals surface area (Å²) >= 11 is 1.22. The Hall–Kier alpha value is -1.33. The molecule has 2 aromatic rings. The van der Waals surface area contributed by atoms with Crippen LogP contribution in [0.2, 0.25) is 0 Å². The van der Waals surface area contributed by atoms with Crippen LogP contribution in [0, 0.1) is 6.92 Å². The second kappa shape index (κ2) is 5.35. The van der Waals surface area contributed by atoms with Crippen molar-refractivity contribution in [2.24, 2.45) is 0 Å². The average Bonchev–Trinajstić information content (AvgIpc) is 2.85. The van der Waals surface area contributed by atoms with E-state index >= 15 is 0 Å². The average molecular weight is 295 g/mol. The number of para-hydroxylation sites is 1. The van der Waals surface area contributed by atoms with E-state index in [9.17, 15) is 8.42 Å². The second-order valence-corrected chi connectivity index (χ2v) is 7.59. The van der Waals surface area contributed by atoms with Crippen LogP contribution >= 0.6 is 11.3 Å². The number of sulfonamides is 1. The molecule has 1 N–H and O–H groups in total. The molecule has 1 aromatic carbocycles. The molecular formula is C14H17NO2S2. The maximum atomic E-state index is 12.3. The maximum Gasteiger partial charge on any atom is 0.271 e. The molecule has 0 saturated carbocycles. The van der Waals surface area contributed by atoms with Gasteiger partial charge >= 0.3 is 0 Å². The lowest BCUT2D eigenvalue weighted by molar-refractivity contribution is 0.603. The molecule has 0 aliphatic heterocycles. The molecule has 0 saturated heterocycles. The molecule has 0 aliphatic rings. The minimum absolute atomic E-state index is 0.265. The van der Waals surface area contributed by atoms with Crippen molar-refractivity contribution in [1.82, 2.24) is 0 Å². The van der Waals surface area contributed by atoms with Crippen LogP contribution in [0.5, 0.6) is 0 Å². The molecule has 0 unspecified atom stereocenters. The third kappa shape index (κ3) is 2.98. The van der Waals surface area contributed by atoms with Crippen LogP contribution < -0.4 is 4.72 Å². The van der Waals surface area contributed by atoms with E-state index in [2.05, 4.69) is 18.6 Å². The molecule has 0 radical (unpaired) electrons. The number of hydrogen-bond donors (Lipinski definition) is 1. The first kappa shape index (κ1) is 14.1. The zero-order valence-electron chi connectivity index (χ0n) is 11.2. The number of nitrogens with one attached hydrogen (secondary N) is 1. The molecule has 0 atom stereocenters. The first-order valence-electron chi connectivity index (χ1n) is 6.07. The van der Waals surface area contributed by atoms with E-state index in [1.54, 1.807) is 17.5 Å². The molecule has 0 fully saturated rings. The molecule has 0 bridgehead atoms. The van der Waals surface area contributed by atoms with Crippen LogP contribution in [-0.4, -0.2) is 8.42 Å². The normalized spacial score (nSPS) is 11.8. The molecule has 3 nitrogen and oxygen atoms in total. The summed E-state index contributed by atoms with van der Waals surface area (Å²) in [5, 5.41) is 1.76. The summed E-state index contributed by atoms with van der Waals surface area (Å²) in [6.07, 6.45) is 0. The highest BCUT2D eigenvalue weighted by Gasteiger charge is 2.19. The van der Waals surface area contributed by atoms with Crippen molar-refractivity contribution in [3.05, 3.63) is 46.8 Å². The number of thiophene rings is 1. The highest BCUT2D eigenvalue weighted by molar-refractivity contribution is 7.94. The monoisotopic (exact) mass is 295 g/mol. The first-order chi connectivity index (χ1) is 8.92. The van der Waals surface area contributed by atoms with Gasteiger partial charge in [0.25, 0.3) is 10.0 Å². The molecule has 2 rings (SSSR count). The SMILES string of the molecule is Cc1cccc(C(C)C)c1NS(=O)(=O)c1cccs1. The predicted molar refractivity (Wildman–Crippen MR) is 80.4 cm³/mol. The summed E-state index contributed by atoms with van der Waals surface area (Å²) < 4.78 is 27.6. The Morgan fingerprint density at radius 1 is 1.16 bits per heavy atom. The number of rotatable bonds is 4. The lowest BCUT2D eigenvalue weighted by atomic mass is 9.99. The van der Waals surface area contributed by atoms with Gasteiger partial charge in [0.15, 0.2) is 0 Å². The summed E-state index contributed by atoms with van der Waals surface area (Å²) in [7, 11) is -3.48. The molecule has 0 amide bonds. The van der Waals surface area contributed by atoms with Crippen LogP contribution in [0.3, 0.4) is 0 Å². The number of hydrogen-bond acceptors (Lipinski definition) is 3. The van der Waals surface area contributed by atoms with Crippen LogP contribution in [0.15, 0.2) is 39.9 Å². The van der Waals surface area contributed by atoms with Gasteiger partial charge in [0.05, 0.1) is 5.69 Å². The Morgan fingerprint density at radius 2 is 1.89 bits per heavy atom. The van der Waals surface area contributed by atoms with Gasteiger partial charge in [-0.15, -0.1) is 11.3 Å². The molecule has 0 aliphatic carbocycles. The van der Waals surface area contributed by atoms with Crippen molar-refractivity contribution >= 4 is 27.0 Å². The van der Waals surface area contributed by atoms with E-state index in [1.165, 1.54) is 11.3 Å². The minimum Gasteiger partial charge on any atom is -0.278 e. The van der Waals surface area contributed by atoms with Gasteiger partial charge in [0.2, 0.25) is 0 Å². The summed E-state index contributed by atoms with van der Waals surface area (Å²) in [4.78, 5) is 0. The molecule has 19 heavy (non-hydrogen) atoms. The topological polar surface area (TPSA) is 46.2 Å².